The summed E-state index contributed by atoms with van der Waals surface area (Å²) in [5.74, 6) is 0.940. The molecule has 3 heterocycles. The lowest BCUT2D eigenvalue weighted by Gasteiger charge is -2.25. The SMILES string of the molecule is CCc1onc(C)c1C1CCCN1C(=O)c1ccnn1CC. The molecule has 1 aliphatic rings. The summed E-state index contributed by atoms with van der Waals surface area (Å²) in [5.41, 5.74) is 2.64. The number of carbonyl (C=O) groups excluding carboxylic acids is 1. The third kappa shape index (κ3) is 2.32. The van der Waals surface area contributed by atoms with E-state index in [-0.39, 0.29) is 11.9 Å². The first-order valence-electron chi connectivity index (χ1n) is 7.95. The van der Waals surface area contributed by atoms with Crippen LogP contribution in [0.25, 0.3) is 0 Å². The van der Waals surface area contributed by atoms with Gasteiger partial charge < -0.3 is 9.42 Å². The van der Waals surface area contributed by atoms with Crippen LogP contribution in [-0.2, 0) is 13.0 Å². The third-order valence-electron chi connectivity index (χ3n) is 4.39. The lowest BCUT2D eigenvalue weighted by molar-refractivity contribution is 0.0722. The first-order chi connectivity index (χ1) is 10.7. The van der Waals surface area contributed by atoms with E-state index < -0.39 is 0 Å². The van der Waals surface area contributed by atoms with Gasteiger partial charge >= 0.3 is 0 Å². The Morgan fingerprint density at radius 1 is 1.45 bits per heavy atom. The molecule has 1 saturated heterocycles. The van der Waals surface area contributed by atoms with Crippen molar-refractivity contribution in [2.24, 2.45) is 0 Å². The zero-order valence-electron chi connectivity index (χ0n) is 13.4. The molecule has 6 heteroatoms. The van der Waals surface area contributed by atoms with Gasteiger partial charge in [0, 0.05) is 31.3 Å². The molecule has 0 spiro atoms. The summed E-state index contributed by atoms with van der Waals surface area (Å²) in [6.45, 7) is 7.46. The van der Waals surface area contributed by atoms with Crippen LogP contribution in [0, 0.1) is 6.92 Å². The topological polar surface area (TPSA) is 64.2 Å². The summed E-state index contributed by atoms with van der Waals surface area (Å²) in [6, 6.07) is 1.86. The second-order valence-corrected chi connectivity index (χ2v) is 5.65. The first kappa shape index (κ1) is 14.8. The predicted molar refractivity (Wildman–Crippen MR) is 81.5 cm³/mol. The van der Waals surface area contributed by atoms with Gasteiger partial charge in [0.1, 0.15) is 11.5 Å². The van der Waals surface area contributed by atoms with E-state index in [1.807, 2.05) is 18.7 Å². The van der Waals surface area contributed by atoms with Crippen LogP contribution in [0.1, 0.15) is 60.2 Å². The van der Waals surface area contributed by atoms with E-state index in [0.717, 1.165) is 42.8 Å². The Morgan fingerprint density at radius 3 is 3.00 bits per heavy atom. The molecule has 0 aromatic carbocycles. The summed E-state index contributed by atoms with van der Waals surface area (Å²) < 4.78 is 7.16. The van der Waals surface area contributed by atoms with E-state index >= 15 is 0 Å². The Hall–Kier alpha value is -2.11. The molecule has 22 heavy (non-hydrogen) atoms. The van der Waals surface area contributed by atoms with Crippen molar-refractivity contribution in [3.05, 3.63) is 35.0 Å². The molecule has 1 atom stereocenters. The molecule has 1 amide bonds. The molecular weight excluding hydrogens is 280 g/mol. The average molecular weight is 302 g/mol. The lowest BCUT2D eigenvalue weighted by Crippen LogP contribution is -2.32. The molecular formula is C16H22N4O2. The number of rotatable bonds is 4. The highest BCUT2D eigenvalue weighted by atomic mass is 16.5. The minimum absolute atomic E-state index is 0.0458. The van der Waals surface area contributed by atoms with Gasteiger partial charge in [-0.2, -0.15) is 5.10 Å². The Bertz CT molecular complexity index is 673. The van der Waals surface area contributed by atoms with Gasteiger partial charge in [-0.25, -0.2) is 0 Å². The molecule has 0 saturated carbocycles. The van der Waals surface area contributed by atoms with Crippen molar-refractivity contribution in [3.8, 4) is 0 Å². The van der Waals surface area contributed by atoms with E-state index in [4.69, 9.17) is 4.52 Å². The quantitative estimate of drug-likeness (QED) is 0.871. The van der Waals surface area contributed by atoms with Crippen molar-refractivity contribution in [2.75, 3.05) is 6.54 Å². The van der Waals surface area contributed by atoms with Crippen molar-refractivity contribution in [3.63, 3.8) is 0 Å². The van der Waals surface area contributed by atoms with Crippen LogP contribution in [-0.4, -0.2) is 32.3 Å². The van der Waals surface area contributed by atoms with Gasteiger partial charge in [0.25, 0.3) is 5.91 Å². The highest BCUT2D eigenvalue weighted by molar-refractivity contribution is 5.93. The second-order valence-electron chi connectivity index (χ2n) is 5.65. The van der Waals surface area contributed by atoms with Crippen LogP contribution < -0.4 is 0 Å². The highest BCUT2D eigenvalue weighted by Gasteiger charge is 2.35. The third-order valence-corrected chi connectivity index (χ3v) is 4.39. The molecule has 6 nitrogen and oxygen atoms in total. The number of aryl methyl sites for hydroxylation is 3. The molecule has 1 unspecified atom stereocenters. The number of hydrogen-bond acceptors (Lipinski definition) is 4. The summed E-state index contributed by atoms with van der Waals surface area (Å²) >= 11 is 0. The fourth-order valence-corrected chi connectivity index (χ4v) is 3.33. The maximum atomic E-state index is 12.9. The Balaban J connectivity index is 1.93. The van der Waals surface area contributed by atoms with E-state index in [2.05, 4.69) is 17.2 Å². The van der Waals surface area contributed by atoms with Crippen molar-refractivity contribution in [1.82, 2.24) is 19.8 Å². The van der Waals surface area contributed by atoms with Crippen LogP contribution in [0.3, 0.4) is 0 Å². The number of hydrogen-bond donors (Lipinski definition) is 0. The van der Waals surface area contributed by atoms with Crippen molar-refractivity contribution in [1.29, 1.82) is 0 Å². The van der Waals surface area contributed by atoms with Crippen LogP contribution in [0.2, 0.25) is 0 Å². The smallest absolute Gasteiger partial charge is 0.272 e. The van der Waals surface area contributed by atoms with E-state index in [9.17, 15) is 4.79 Å². The van der Waals surface area contributed by atoms with E-state index in [0.29, 0.717) is 12.2 Å². The zero-order valence-corrected chi connectivity index (χ0v) is 13.4. The Labute approximate surface area is 130 Å². The molecule has 0 N–H and O–H groups in total. The number of aromatic nitrogens is 3. The van der Waals surface area contributed by atoms with Crippen LogP contribution in [0.4, 0.5) is 0 Å². The van der Waals surface area contributed by atoms with E-state index in [1.54, 1.807) is 16.9 Å². The maximum Gasteiger partial charge on any atom is 0.272 e. The van der Waals surface area contributed by atoms with Gasteiger partial charge in [-0.05, 0) is 32.8 Å². The number of likely N-dealkylation sites (tertiary alicyclic amines) is 1. The van der Waals surface area contributed by atoms with Gasteiger partial charge in [0.2, 0.25) is 0 Å². The molecule has 1 fully saturated rings. The van der Waals surface area contributed by atoms with Crippen LogP contribution >= 0.6 is 0 Å². The van der Waals surface area contributed by atoms with Gasteiger partial charge in [-0.1, -0.05) is 12.1 Å². The number of carbonyl (C=O) groups is 1. The van der Waals surface area contributed by atoms with Gasteiger partial charge in [0.05, 0.1) is 11.7 Å². The van der Waals surface area contributed by atoms with Crippen molar-refractivity contribution < 1.29 is 9.32 Å². The fraction of sp³-hybridized carbons (Fsp3) is 0.562. The molecule has 0 bridgehead atoms. The number of amides is 1. The predicted octanol–water partition coefficient (Wildman–Crippen LogP) is 2.74. The Kier molecular flexibility index (Phi) is 4.00. The van der Waals surface area contributed by atoms with E-state index in [1.165, 1.54) is 0 Å². The monoisotopic (exact) mass is 302 g/mol. The molecule has 118 valence electrons. The molecule has 1 aliphatic heterocycles. The summed E-state index contributed by atoms with van der Waals surface area (Å²) in [4.78, 5) is 14.9. The van der Waals surface area contributed by atoms with Gasteiger partial charge in [-0.15, -0.1) is 0 Å². The van der Waals surface area contributed by atoms with Crippen LogP contribution in [0.15, 0.2) is 16.8 Å². The largest absolute Gasteiger partial charge is 0.361 e. The minimum Gasteiger partial charge on any atom is -0.361 e. The number of nitrogens with zero attached hydrogens (tertiary/aromatic N) is 4. The standard InChI is InChI=1S/C16H22N4O2/c1-4-14-15(11(3)18-22-14)12-7-6-10-19(12)16(21)13-8-9-17-20(13)5-2/h8-9,12H,4-7,10H2,1-3H3. The first-order valence-corrected chi connectivity index (χ1v) is 7.95. The maximum absolute atomic E-state index is 12.9. The molecule has 3 rings (SSSR count). The Morgan fingerprint density at radius 2 is 2.27 bits per heavy atom. The van der Waals surface area contributed by atoms with Gasteiger partial charge in [-0.3, -0.25) is 9.48 Å². The summed E-state index contributed by atoms with van der Waals surface area (Å²) in [7, 11) is 0. The average Bonchev–Trinajstić information content (AvgIpc) is 3.24. The van der Waals surface area contributed by atoms with Crippen molar-refractivity contribution in [2.45, 2.75) is 52.6 Å². The minimum atomic E-state index is 0.0458. The zero-order chi connectivity index (χ0) is 15.7. The molecule has 0 radical (unpaired) electrons. The van der Waals surface area contributed by atoms with Crippen LogP contribution in [0.5, 0.6) is 0 Å². The molecule has 0 aliphatic carbocycles. The van der Waals surface area contributed by atoms with Gasteiger partial charge in [0.15, 0.2) is 0 Å². The normalized spacial score (nSPS) is 18.1. The second kappa shape index (κ2) is 5.94. The fourth-order valence-electron chi connectivity index (χ4n) is 3.33. The van der Waals surface area contributed by atoms with Crippen molar-refractivity contribution >= 4 is 5.91 Å². The molecule has 2 aromatic heterocycles. The summed E-state index contributed by atoms with van der Waals surface area (Å²) in [6.07, 6.45) is 4.44. The highest BCUT2D eigenvalue weighted by Crippen LogP contribution is 2.36. The molecule has 2 aromatic rings. The lowest BCUT2D eigenvalue weighted by atomic mass is 10.0. The summed E-state index contributed by atoms with van der Waals surface area (Å²) in [5, 5.41) is 8.30.